The van der Waals surface area contributed by atoms with E-state index in [0.717, 1.165) is 22.2 Å². The topological polar surface area (TPSA) is 71.8 Å². The second-order valence-electron chi connectivity index (χ2n) is 4.55. The maximum atomic E-state index is 11.5. The average molecular weight is 283 g/mol. The Balaban J connectivity index is 2.20. The number of nitrogen functional groups attached to an aromatic ring is 1. The molecule has 1 aromatic heterocycles. The zero-order valence-corrected chi connectivity index (χ0v) is 11.7. The number of aromatic nitrogens is 2. The SMILES string of the molecule is Cc1cccc(C(=S=O)c2nc3ccccc3[nH]2)c1N. The summed E-state index contributed by atoms with van der Waals surface area (Å²) in [6.45, 7) is 1.92. The number of rotatable bonds is 2. The van der Waals surface area contributed by atoms with Crippen LogP contribution in [0.2, 0.25) is 0 Å². The van der Waals surface area contributed by atoms with Crippen molar-refractivity contribution in [1.29, 1.82) is 0 Å². The summed E-state index contributed by atoms with van der Waals surface area (Å²) in [6.07, 6.45) is 0. The van der Waals surface area contributed by atoms with E-state index in [9.17, 15) is 4.21 Å². The molecule has 4 nitrogen and oxygen atoms in total. The number of fused-ring (bicyclic) bond motifs is 1. The number of anilines is 1. The van der Waals surface area contributed by atoms with Gasteiger partial charge in [-0.25, -0.2) is 9.19 Å². The fourth-order valence-corrected chi connectivity index (χ4v) is 2.59. The van der Waals surface area contributed by atoms with E-state index in [1.165, 1.54) is 0 Å². The van der Waals surface area contributed by atoms with E-state index in [0.29, 0.717) is 27.6 Å². The van der Waals surface area contributed by atoms with Gasteiger partial charge >= 0.3 is 0 Å². The van der Waals surface area contributed by atoms with E-state index in [1.54, 1.807) is 0 Å². The van der Waals surface area contributed by atoms with Crippen molar-refractivity contribution in [2.45, 2.75) is 6.92 Å². The Morgan fingerprint density at radius 3 is 2.75 bits per heavy atom. The lowest BCUT2D eigenvalue weighted by Gasteiger charge is -2.07. The van der Waals surface area contributed by atoms with Crippen LogP contribution in [0.5, 0.6) is 0 Å². The number of hydrogen-bond acceptors (Lipinski definition) is 3. The van der Waals surface area contributed by atoms with Crippen LogP contribution in [0.4, 0.5) is 5.69 Å². The van der Waals surface area contributed by atoms with E-state index in [-0.39, 0.29) is 0 Å². The lowest BCUT2D eigenvalue weighted by molar-refractivity contribution is 0.701. The molecule has 0 saturated carbocycles. The monoisotopic (exact) mass is 283 g/mol. The Morgan fingerprint density at radius 1 is 1.20 bits per heavy atom. The summed E-state index contributed by atoms with van der Waals surface area (Å²) in [5.74, 6) is 0.559. The van der Waals surface area contributed by atoms with Crippen molar-refractivity contribution < 1.29 is 4.21 Å². The summed E-state index contributed by atoms with van der Waals surface area (Å²) < 4.78 is 11.5. The fraction of sp³-hybridized carbons (Fsp3) is 0.0667. The molecule has 0 aliphatic rings. The van der Waals surface area contributed by atoms with Gasteiger partial charge < -0.3 is 10.7 Å². The molecular weight excluding hydrogens is 270 g/mol. The molecule has 5 heteroatoms. The number of hydrogen-bond donors (Lipinski definition) is 2. The molecule has 0 spiro atoms. The molecule has 3 N–H and O–H groups in total. The number of nitrogens with one attached hydrogen (secondary N) is 1. The number of H-pyrrole nitrogens is 1. The smallest absolute Gasteiger partial charge is 0.152 e. The number of nitrogens with two attached hydrogens (primary N) is 1. The molecule has 0 aliphatic heterocycles. The molecule has 100 valence electrons. The normalized spacial score (nSPS) is 10.7. The molecule has 0 amide bonds. The maximum Gasteiger partial charge on any atom is 0.152 e. The van der Waals surface area contributed by atoms with Crippen LogP contribution in [0.1, 0.15) is 17.0 Å². The third-order valence-electron chi connectivity index (χ3n) is 3.26. The third-order valence-corrected chi connectivity index (χ3v) is 3.84. The van der Waals surface area contributed by atoms with Gasteiger partial charge in [-0.05, 0) is 24.6 Å². The van der Waals surface area contributed by atoms with Crippen molar-refractivity contribution in [3.8, 4) is 0 Å². The predicted octanol–water partition coefficient (Wildman–Crippen LogP) is 2.24. The lowest BCUT2D eigenvalue weighted by Crippen LogP contribution is -2.09. The summed E-state index contributed by atoms with van der Waals surface area (Å²) in [6, 6.07) is 13.3. The van der Waals surface area contributed by atoms with Crippen molar-refractivity contribution in [1.82, 2.24) is 9.97 Å². The minimum absolute atomic E-state index is 0.407. The summed E-state index contributed by atoms with van der Waals surface area (Å²) >= 11 is 0.407. The van der Waals surface area contributed by atoms with Crippen LogP contribution >= 0.6 is 0 Å². The first-order valence-electron chi connectivity index (χ1n) is 6.18. The Morgan fingerprint density at radius 2 is 2.00 bits per heavy atom. The minimum Gasteiger partial charge on any atom is -0.398 e. The number of benzene rings is 2. The largest absolute Gasteiger partial charge is 0.398 e. The number of aromatic amines is 1. The highest BCUT2D eigenvalue weighted by Gasteiger charge is 2.14. The molecule has 0 bridgehead atoms. The van der Waals surface area contributed by atoms with Gasteiger partial charge in [0.15, 0.2) is 5.82 Å². The quantitative estimate of drug-likeness (QED) is 0.430. The molecule has 0 aliphatic carbocycles. The number of aryl methyl sites for hydroxylation is 1. The third kappa shape index (κ3) is 2.02. The van der Waals surface area contributed by atoms with Gasteiger partial charge in [0.2, 0.25) is 0 Å². The Kier molecular flexibility index (Phi) is 3.12. The van der Waals surface area contributed by atoms with Crippen LogP contribution in [0.15, 0.2) is 42.5 Å². The van der Waals surface area contributed by atoms with Gasteiger partial charge in [0, 0.05) is 11.3 Å². The predicted molar refractivity (Wildman–Crippen MR) is 83.0 cm³/mol. The highest BCUT2D eigenvalue weighted by Crippen LogP contribution is 2.20. The first kappa shape index (κ1) is 12.6. The Bertz CT molecular complexity index is 814. The average Bonchev–Trinajstić information content (AvgIpc) is 2.87. The molecule has 0 radical (unpaired) electrons. The Labute approximate surface area is 119 Å². The zero-order chi connectivity index (χ0) is 14.1. The van der Waals surface area contributed by atoms with E-state index < -0.39 is 0 Å². The minimum atomic E-state index is 0.407. The number of nitrogens with zero attached hydrogens (tertiary/aromatic N) is 1. The van der Waals surface area contributed by atoms with E-state index >= 15 is 0 Å². The van der Waals surface area contributed by atoms with Gasteiger partial charge in [-0.1, -0.05) is 30.3 Å². The first-order valence-corrected chi connectivity index (χ1v) is 6.92. The van der Waals surface area contributed by atoms with E-state index in [4.69, 9.17) is 5.73 Å². The molecular formula is C15H13N3OS. The van der Waals surface area contributed by atoms with Gasteiger partial charge in [0.25, 0.3) is 0 Å². The van der Waals surface area contributed by atoms with Crippen LogP contribution in [0.25, 0.3) is 11.0 Å². The van der Waals surface area contributed by atoms with Gasteiger partial charge in [-0.3, -0.25) is 0 Å². The lowest BCUT2D eigenvalue weighted by atomic mass is 10.1. The summed E-state index contributed by atoms with van der Waals surface area (Å²) in [7, 11) is 0. The molecule has 20 heavy (non-hydrogen) atoms. The standard InChI is InChI=1S/C15H13N3OS/c1-9-5-4-6-10(13(9)16)14(20-19)15-17-11-7-2-3-8-12(11)18-15/h2-8H,16H2,1H3,(H,17,18). The van der Waals surface area contributed by atoms with Crippen molar-refractivity contribution in [3.05, 3.63) is 59.4 Å². The molecule has 3 rings (SSSR count). The van der Waals surface area contributed by atoms with Gasteiger partial charge in [0.05, 0.1) is 11.0 Å². The summed E-state index contributed by atoms with van der Waals surface area (Å²) in [5.41, 5.74) is 10.1. The first-order chi connectivity index (χ1) is 9.70. The van der Waals surface area contributed by atoms with E-state index in [1.807, 2.05) is 49.4 Å². The van der Waals surface area contributed by atoms with Crippen molar-refractivity contribution in [3.63, 3.8) is 0 Å². The van der Waals surface area contributed by atoms with Crippen molar-refractivity contribution in [2.75, 3.05) is 5.73 Å². The molecule has 1 heterocycles. The van der Waals surface area contributed by atoms with Crippen LogP contribution in [0.3, 0.4) is 0 Å². The van der Waals surface area contributed by atoms with Gasteiger partial charge in [-0.2, -0.15) is 0 Å². The second-order valence-corrected chi connectivity index (χ2v) is 5.13. The Hall–Kier alpha value is -2.40. The molecule has 2 aromatic carbocycles. The fourth-order valence-electron chi connectivity index (χ4n) is 2.15. The number of imidazole rings is 1. The molecule has 0 unspecified atom stereocenters. The molecule has 0 atom stereocenters. The highest BCUT2D eigenvalue weighted by molar-refractivity contribution is 7.67. The van der Waals surface area contributed by atoms with Crippen LogP contribution in [-0.4, -0.2) is 19.0 Å². The van der Waals surface area contributed by atoms with Crippen molar-refractivity contribution >= 4 is 32.8 Å². The molecule has 3 aromatic rings. The van der Waals surface area contributed by atoms with Crippen LogP contribution in [0, 0.1) is 6.92 Å². The zero-order valence-electron chi connectivity index (χ0n) is 10.9. The highest BCUT2D eigenvalue weighted by atomic mass is 32.1. The van der Waals surface area contributed by atoms with Gasteiger partial charge in [-0.15, -0.1) is 0 Å². The molecule has 0 saturated heterocycles. The molecule has 0 fully saturated rings. The maximum absolute atomic E-state index is 11.5. The summed E-state index contributed by atoms with van der Waals surface area (Å²) in [4.78, 5) is 8.15. The van der Waals surface area contributed by atoms with E-state index in [2.05, 4.69) is 9.97 Å². The number of para-hydroxylation sites is 3. The van der Waals surface area contributed by atoms with Gasteiger partial charge in [0.1, 0.15) is 16.1 Å². The van der Waals surface area contributed by atoms with Crippen molar-refractivity contribution in [2.24, 2.45) is 0 Å². The van der Waals surface area contributed by atoms with Crippen LogP contribution in [-0.2, 0) is 11.3 Å². The van der Waals surface area contributed by atoms with Crippen LogP contribution < -0.4 is 5.73 Å². The second kappa shape index (κ2) is 4.94. The summed E-state index contributed by atoms with van der Waals surface area (Å²) in [5, 5.41) is 0.